The van der Waals surface area contributed by atoms with Gasteiger partial charge in [-0.1, -0.05) is 221 Å². The molecule has 388 valence electrons. The van der Waals surface area contributed by atoms with Gasteiger partial charge in [-0.25, -0.2) is 0 Å². The average molecular weight is 946 g/mol. The maximum Gasteiger partial charge on any atom is 0.306 e. The van der Waals surface area contributed by atoms with Gasteiger partial charge in [0.1, 0.15) is 13.2 Å². The molecule has 0 aliphatic heterocycles. The van der Waals surface area contributed by atoms with Gasteiger partial charge in [0, 0.05) is 19.3 Å². The van der Waals surface area contributed by atoms with Gasteiger partial charge in [-0.3, -0.25) is 14.4 Å². The molecule has 1 atom stereocenters. The Morgan fingerprint density at radius 2 is 0.574 bits per heavy atom. The number of unbranched alkanes of at least 4 members (excludes halogenated alkanes) is 23. The molecule has 0 aromatic heterocycles. The number of hydrogen-bond donors (Lipinski definition) is 0. The minimum atomic E-state index is -0.794. The molecule has 0 radical (unpaired) electrons. The highest BCUT2D eigenvalue weighted by Gasteiger charge is 2.19. The van der Waals surface area contributed by atoms with Gasteiger partial charge >= 0.3 is 17.9 Å². The Hall–Kier alpha value is -3.67. The van der Waals surface area contributed by atoms with Crippen molar-refractivity contribution in [3.05, 3.63) is 97.2 Å². The Balaban J connectivity index is 4.44. The van der Waals surface area contributed by atoms with E-state index in [0.717, 1.165) is 128 Å². The van der Waals surface area contributed by atoms with Crippen molar-refractivity contribution in [1.82, 2.24) is 0 Å². The Morgan fingerprint density at radius 1 is 0.309 bits per heavy atom. The Kier molecular flexibility index (Phi) is 52.9. The SMILES string of the molecule is CC/C=C\C/C=C\C/C=C\C/C=C\CCCCCCCCC(=O)OCC(COC(=O)CCCCCCCCC/C=C\CCCCCC)OC(=O)CCCCCCCC/C=C\C/C=C\C/C=C\CC. The molecule has 0 fully saturated rings. The molecule has 0 amide bonds. The van der Waals surface area contributed by atoms with Gasteiger partial charge in [-0.05, 0) is 116 Å². The van der Waals surface area contributed by atoms with Crippen LogP contribution in [-0.4, -0.2) is 37.2 Å². The van der Waals surface area contributed by atoms with Gasteiger partial charge in [0.2, 0.25) is 0 Å². The molecule has 0 bridgehead atoms. The van der Waals surface area contributed by atoms with E-state index in [1.807, 2.05) is 0 Å². The number of rotatable bonds is 50. The zero-order chi connectivity index (χ0) is 49.3. The van der Waals surface area contributed by atoms with E-state index in [0.29, 0.717) is 19.3 Å². The molecule has 0 aliphatic rings. The molecule has 0 aromatic rings. The van der Waals surface area contributed by atoms with Crippen LogP contribution in [0.3, 0.4) is 0 Å². The molecule has 0 saturated heterocycles. The van der Waals surface area contributed by atoms with Crippen LogP contribution in [0.15, 0.2) is 97.2 Å². The van der Waals surface area contributed by atoms with E-state index < -0.39 is 6.10 Å². The molecule has 68 heavy (non-hydrogen) atoms. The fraction of sp³-hybridized carbons (Fsp3) is 0.694. The molecule has 0 spiro atoms. The molecule has 1 unspecified atom stereocenters. The summed E-state index contributed by atoms with van der Waals surface area (Å²) in [5, 5.41) is 0. The first kappa shape index (κ1) is 64.3. The third kappa shape index (κ3) is 53.3. The summed E-state index contributed by atoms with van der Waals surface area (Å²) in [5.74, 6) is -0.919. The van der Waals surface area contributed by atoms with E-state index in [1.54, 1.807) is 0 Å². The number of esters is 3. The number of hydrogen-bond acceptors (Lipinski definition) is 6. The summed E-state index contributed by atoms with van der Waals surface area (Å²) in [4.78, 5) is 38.2. The second-order valence-electron chi connectivity index (χ2n) is 18.4. The third-order valence-electron chi connectivity index (χ3n) is 11.8. The topological polar surface area (TPSA) is 78.9 Å². The van der Waals surface area contributed by atoms with Crippen LogP contribution in [0.2, 0.25) is 0 Å². The Bertz CT molecular complexity index is 1360. The summed E-state index contributed by atoms with van der Waals surface area (Å²) >= 11 is 0. The lowest BCUT2D eigenvalue weighted by Crippen LogP contribution is -2.30. The number of allylic oxidation sites excluding steroid dienone is 16. The summed E-state index contributed by atoms with van der Waals surface area (Å²) in [6.07, 6.45) is 73.9. The van der Waals surface area contributed by atoms with Crippen LogP contribution in [0.5, 0.6) is 0 Å². The quantitative estimate of drug-likeness (QED) is 0.0262. The molecule has 6 nitrogen and oxygen atoms in total. The first-order chi connectivity index (χ1) is 33.5. The minimum Gasteiger partial charge on any atom is -0.462 e. The zero-order valence-electron chi connectivity index (χ0n) is 44.3. The molecule has 0 aliphatic carbocycles. The highest BCUT2D eigenvalue weighted by molar-refractivity contribution is 5.71. The fourth-order valence-electron chi connectivity index (χ4n) is 7.62. The van der Waals surface area contributed by atoms with Crippen molar-refractivity contribution in [2.45, 2.75) is 264 Å². The van der Waals surface area contributed by atoms with Gasteiger partial charge in [-0.2, -0.15) is 0 Å². The van der Waals surface area contributed by atoms with Crippen LogP contribution in [0.1, 0.15) is 258 Å². The third-order valence-corrected chi connectivity index (χ3v) is 11.8. The number of carbonyl (C=O) groups excluding carboxylic acids is 3. The second-order valence-corrected chi connectivity index (χ2v) is 18.4. The van der Waals surface area contributed by atoms with Crippen LogP contribution < -0.4 is 0 Å². The summed E-state index contributed by atoms with van der Waals surface area (Å²) in [6, 6.07) is 0. The van der Waals surface area contributed by atoms with Crippen LogP contribution in [0, 0.1) is 0 Å². The van der Waals surface area contributed by atoms with Crippen molar-refractivity contribution >= 4 is 17.9 Å². The molecule has 6 heteroatoms. The Morgan fingerprint density at radius 3 is 0.912 bits per heavy atom. The van der Waals surface area contributed by atoms with E-state index in [9.17, 15) is 14.4 Å². The molecule has 0 aromatic carbocycles. The highest BCUT2D eigenvalue weighted by Crippen LogP contribution is 2.14. The summed E-state index contributed by atoms with van der Waals surface area (Å²) in [6.45, 7) is 6.38. The van der Waals surface area contributed by atoms with E-state index in [2.05, 4.69) is 118 Å². The maximum atomic E-state index is 12.8. The predicted molar refractivity (Wildman–Crippen MR) is 293 cm³/mol. The lowest BCUT2D eigenvalue weighted by molar-refractivity contribution is -0.167. The molecule has 0 N–H and O–H groups in total. The van der Waals surface area contributed by atoms with Crippen molar-refractivity contribution in [3.63, 3.8) is 0 Å². The summed E-state index contributed by atoms with van der Waals surface area (Å²) in [5.41, 5.74) is 0. The van der Waals surface area contributed by atoms with Crippen LogP contribution in [-0.2, 0) is 28.6 Å². The smallest absolute Gasteiger partial charge is 0.306 e. The first-order valence-corrected chi connectivity index (χ1v) is 28.2. The van der Waals surface area contributed by atoms with Crippen molar-refractivity contribution in [1.29, 1.82) is 0 Å². The van der Waals surface area contributed by atoms with E-state index in [1.165, 1.54) is 89.9 Å². The molecular formula is C62H104O6. The average Bonchev–Trinajstić information content (AvgIpc) is 3.34. The normalized spacial score (nSPS) is 12.8. The second kappa shape index (κ2) is 55.9. The molecule has 0 heterocycles. The van der Waals surface area contributed by atoms with E-state index >= 15 is 0 Å². The van der Waals surface area contributed by atoms with Crippen LogP contribution in [0.4, 0.5) is 0 Å². The van der Waals surface area contributed by atoms with Gasteiger partial charge < -0.3 is 14.2 Å². The largest absolute Gasteiger partial charge is 0.462 e. The highest BCUT2D eigenvalue weighted by atomic mass is 16.6. The number of ether oxygens (including phenoxy) is 3. The fourth-order valence-corrected chi connectivity index (χ4v) is 7.62. The van der Waals surface area contributed by atoms with Crippen molar-refractivity contribution in [2.75, 3.05) is 13.2 Å². The van der Waals surface area contributed by atoms with Gasteiger partial charge in [0.15, 0.2) is 6.10 Å². The van der Waals surface area contributed by atoms with E-state index in [-0.39, 0.29) is 31.1 Å². The number of carbonyl (C=O) groups is 3. The van der Waals surface area contributed by atoms with Gasteiger partial charge in [0.25, 0.3) is 0 Å². The zero-order valence-corrected chi connectivity index (χ0v) is 44.3. The minimum absolute atomic E-state index is 0.0903. The summed E-state index contributed by atoms with van der Waals surface area (Å²) in [7, 11) is 0. The lowest BCUT2D eigenvalue weighted by Gasteiger charge is -2.18. The van der Waals surface area contributed by atoms with Crippen molar-refractivity contribution in [2.24, 2.45) is 0 Å². The lowest BCUT2D eigenvalue weighted by atomic mass is 10.1. The molecular weight excluding hydrogens is 841 g/mol. The van der Waals surface area contributed by atoms with Crippen molar-refractivity contribution < 1.29 is 28.6 Å². The first-order valence-electron chi connectivity index (χ1n) is 28.2. The maximum absolute atomic E-state index is 12.8. The summed E-state index contributed by atoms with van der Waals surface area (Å²) < 4.78 is 16.8. The van der Waals surface area contributed by atoms with Gasteiger partial charge in [0.05, 0.1) is 0 Å². The predicted octanol–water partition coefficient (Wildman–Crippen LogP) is 18.9. The molecule has 0 rings (SSSR count). The van der Waals surface area contributed by atoms with Gasteiger partial charge in [-0.15, -0.1) is 0 Å². The molecule has 0 saturated carbocycles. The Labute approximate surface area is 419 Å². The standard InChI is InChI=1S/C62H104O6/c1-4-7-10-13-16-19-22-25-28-30-31-32-35-37-40-43-46-49-52-55-61(64)67-58-59(57-66-60(63)54-51-48-45-42-39-36-33-27-24-21-18-15-12-9-6-3)68-62(65)56-53-50-47-44-41-38-34-29-26-23-20-17-14-11-8-5-2/h7-8,10-11,16-17,19-21,24-26,28-29,31-32,59H,4-6,9,12-15,18,22-23,27,30,33-58H2,1-3H3/b10-7-,11-8-,19-16-,20-17-,24-21-,28-25-,29-26-,32-31-. The van der Waals surface area contributed by atoms with Crippen LogP contribution >= 0.6 is 0 Å². The van der Waals surface area contributed by atoms with Crippen molar-refractivity contribution in [3.8, 4) is 0 Å². The monoisotopic (exact) mass is 945 g/mol. The van der Waals surface area contributed by atoms with E-state index in [4.69, 9.17) is 14.2 Å². The van der Waals surface area contributed by atoms with Crippen LogP contribution in [0.25, 0.3) is 0 Å².